The second-order valence-corrected chi connectivity index (χ2v) is 5.74. The third kappa shape index (κ3) is 2.98. The molecule has 1 aliphatic heterocycles. The highest BCUT2D eigenvalue weighted by Gasteiger charge is 2.28. The maximum absolute atomic E-state index is 3.50. The standard InChI is InChI=1S/C14H28N2/c1-3-12-7-9-16(10-8-12)11-13-5-4-6-14(13)15-2/h12-15H,3-11H2,1-2H3. The van der Waals surface area contributed by atoms with E-state index in [1.54, 1.807) is 0 Å². The Morgan fingerprint density at radius 1 is 1.12 bits per heavy atom. The summed E-state index contributed by atoms with van der Waals surface area (Å²) in [6, 6.07) is 0.795. The van der Waals surface area contributed by atoms with E-state index in [1.807, 2.05) is 0 Å². The molecule has 2 nitrogen and oxygen atoms in total. The molecule has 0 aromatic rings. The lowest BCUT2D eigenvalue weighted by molar-refractivity contribution is 0.152. The molecule has 2 atom stereocenters. The van der Waals surface area contributed by atoms with E-state index in [1.165, 1.54) is 58.2 Å². The van der Waals surface area contributed by atoms with Gasteiger partial charge in [0, 0.05) is 12.6 Å². The van der Waals surface area contributed by atoms with Crippen LogP contribution in [0.5, 0.6) is 0 Å². The number of nitrogens with one attached hydrogen (secondary N) is 1. The van der Waals surface area contributed by atoms with Gasteiger partial charge < -0.3 is 10.2 Å². The molecule has 0 spiro atoms. The lowest BCUT2D eigenvalue weighted by Crippen LogP contribution is -2.41. The summed E-state index contributed by atoms with van der Waals surface area (Å²) in [5.74, 6) is 1.93. The molecule has 0 aromatic carbocycles. The first-order chi connectivity index (χ1) is 7.83. The molecule has 0 amide bonds. The molecule has 0 radical (unpaired) electrons. The fourth-order valence-electron chi connectivity index (χ4n) is 3.54. The summed E-state index contributed by atoms with van der Waals surface area (Å²) in [6.07, 6.45) is 8.53. The summed E-state index contributed by atoms with van der Waals surface area (Å²) in [6.45, 7) is 6.40. The van der Waals surface area contributed by atoms with Crippen LogP contribution in [0, 0.1) is 11.8 Å². The quantitative estimate of drug-likeness (QED) is 0.789. The first kappa shape index (κ1) is 12.4. The van der Waals surface area contributed by atoms with Crippen molar-refractivity contribution in [3.8, 4) is 0 Å². The van der Waals surface area contributed by atoms with E-state index in [4.69, 9.17) is 0 Å². The van der Waals surface area contributed by atoms with Gasteiger partial charge in [-0.3, -0.25) is 0 Å². The van der Waals surface area contributed by atoms with Crippen LogP contribution in [0.2, 0.25) is 0 Å². The van der Waals surface area contributed by atoms with E-state index in [0.717, 1.165) is 17.9 Å². The number of hydrogen-bond donors (Lipinski definition) is 1. The average Bonchev–Trinajstić information content (AvgIpc) is 2.77. The molecule has 0 bridgehead atoms. The molecule has 1 heterocycles. The van der Waals surface area contributed by atoms with Crippen LogP contribution in [-0.4, -0.2) is 37.6 Å². The van der Waals surface area contributed by atoms with E-state index in [0.29, 0.717) is 0 Å². The molecule has 2 aliphatic rings. The van der Waals surface area contributed by atoms with Crippen molar-refractivity contribution in [2.75, 3.05) is 26.7 Å². The van der Waals surface area contributed by atoms with Gasteiger partial charge in [0.05, 0.1) is 0 Å². The molecular weight excluding hydrogens is 196 g/mol. The number of nitrogens with zero attached hydrogens (tertiary/aromatic N) is 1. The summed E-state index contributed by atoms with van der Waals surface area (Å²) in [5.41, 5.74) is 0. The number of hydrogen-bond acceptors (Lipinski definition) is 2. The van der Waals surface area contributed by atoms with Gasteiger partial charge in [-0.1, -0.05) is 19.8 Å². The molecule has 1 saturated heterocycles. The van der Waals surface area contributed by atoms with Crippen molar-refractivity contribution in [1.82, 2.24) is 10.2 Å². The van der Waals surface area contributed by atoms with Crippen molar-refractivity contribution in [3.05, 3.63) is 0 Å². The van der Waals surface area contributed by atoms with E-state index in [9.17, 15) is 0 Å². The Morgan fingerprint density at radius 3 is 2.50 bits per heavy atom. The predicted octanol–water partition coefficient (Wildman–Crippen LogP) is 2.50. The third-order valence-electron chi connectivity index (χ3n) is 4.81. The molecule has 2 unspecified atom stereocenters. The topological polar surface area (TPSA) is 15.3 Å². The fourth-order valence-corrected chi connectivity index (χ4v) is 3.54. The van der Waals surface area contributed by atoms with Gasteiger partial charge in [0.2, 0.25) is 0 Å². The molecule has 0 aromatic heterocycles. The minimum Gasteiger partial charge on any atom is -0.317 e. The Kier molecular flexibility index (Phi) is 4.66. The van der Waals surface area contributed by atoms with Crippen molar-refractivity contribution in [2.24, 2.45) is 11.8 Å². The molecule has 1 aliphatic carbocycles. The Morgan fingerprint density at radius 2 is 1.88 bits per heavy atom. The van der Waals surface area contributed by atoms with Crippen molar-refractivity contribution >= 4 is 0 Å². The first-order valence-electron chi connectivity index (χ1n) is 7.23. The first-order valence-corrected chi connectivity index (χ1v) is 7.23. The van der Waals surface area contributed by atoms with Gasteiger partial charge >= 0.3 is 0 Å². The number of likely N-dealkylation sites (tertiary alicyclic amines) is 1. The zero-order chi connectivity index (χ0) is 11.4. The molecular formula is C14H28N2. The highest BCUT2D eigenvalue weighted by atomic mass is 15.1. The summed E-state index contributed by atoms with van der Waals surface area (Å²) in [7, 11) is 2.13. The smallest absolute Gasteiger partial charge is 0.0104 e. The van der Waals surface area contributed by atoms with Crippen molar-refractivity contribution in [3.63, 3.8) is 0 Å². The van der Waals surface area contributed by atoms with Crippen molar-refractivity contribution in [2.45, 2.75) is 51.5 Å². The average molecular weight is 224 g/mol. The Balaban J connectivity index is 1.73. The zero-order valence-corrected chi connectivity index (χ0v) is 11.0. The lowest BCUT2D eigenvalue weighted by Gasteiger charge is -2.34. The van der Waals surface area contributed by atoms with Crippen LogP contribution in [0.15, 0.2) is 0 Å². The molecule has 2 heteroatoms. The van der Waals surface area contributed by atoms with E-state index in [-0.39, 0.29) is 0 Å². The van der Waals surface area contributed by atoms with Crippen LogP contribution in [-0.2, 0) is 0 Å². The summed E-state index contributed by atoms with van der Waals surface area (Å²) < 4.78 is 0. The normalized spacial score (nSPS) is 33.4. The molecule has 2 fully saturated rings. The summed E-state index contributed by atoms with van der Waals surface area (Å²) in [4.78, 5) is 2.71. The third-order valence-corrected chi connectivity index (χ3v) is 4.81. The highest BCUT2D eigenvalue weighted by Crippen LogP contribution is 2.28. The summed E-state index contributed by atoms with van der Waals surface area (Å²) in [5, 5.41) is 3.50. The molecule has 94 valence electrons. The van der Waals surface area contributed by atoms with E-state index < -0.39 is 0 Å². The summed E-state index contributed by atoms with van der Waals surface area (Å²) >= 11 is 0. The van der Waals surface area contributed by atoms with Crippen LogP contribution >= 0.6 is 0 Å². The van der Waals surface area contributed by atoms with Crippen LogP contribution in [0.25, 0.3) is 0 Å². The zero-order valence-electron chi connectivity index (χ0n) is 11.0. The minimum atomic E-state index is 0.795. The molecule has 1 N–H and O–H groups in total. The van der Waals surface area contributed by atoms with Gasteiger partial charge in [0.15, 0.2) is 0 Å². The molecule has 16 heavy (non-hydrogen) atoms. The fraction of sp³-hybridized carbons (Fsp3) is 1.00. The van der Waals surface area contributed by atoms with Crippen LogP contribution in [0.4, 0.5) is 0 Å². The monoisotopic (exact) mass is 224 g/mol. The maximum Gasteiger partial charge on any atom is 0.0104 e. The lowest BCUT2D eigenvalue weighted by atomic mass is 9.93. The van der Waals surface area contributed by atoms with Gasteiger partial charge in [-0.15, -0.1) is 0 Å². The second kappa shape index (κ2) is 6.02. The SMILES string of the molecule is CCC1CCN(CC2CCCC2NC)CC1. The molecule has 2 rings (SSSR count). The minimum absolute atomic E-state index is 0.795. The van der Waals surface area contributed by atoms with Crippen LogP contribution in [0.1, 0.15) is 45.4 Å². The van der Waals surface area contributed by atoms with Gasteiger partial charge in [0.25, 0.3) is 0 Å². The van der Waals surface area contributed by atoms with Crippen molar-refractivity contribution in [1.29, 1.82) is 0 Å². The Hall–Kier alpha value is -0.0800. The van der Waals surface area contributed by atoms with Gasteiger partial charge in [-0.2, -0.15) is 0 Å². The van der Waals surface area contributed by atoms with E-state index >= 15 is 0 Å². The van der Waals surface area contributed by atoms with Crippen LogP contribution < -0.4 is 5.32 Å². The maximum atomic E-state index is 3.50. The van der Waals surface area contributed by atoms with E-state index in [2.05, 4.69) is 24.2 Å². The Bertz CT molecular complexity index is 197. The number of rotatable bonds is 4. The predicted molar refractivity (Wildman–Crippen MR) is 69.6 cm³/mol. The van der Waals surface area contributed by atoms with Crippen LogP contribution in [0.3, 0.4) is 0 Å². The van der Waals surface area contributed by atoms with Crippen molar-refractivity contribution < 1.29 is 0 Å². The molecule has 1 saturated carbocycles. The highest BCUT2D eigenvalue weighted by molar-refractivity contribution is 4.85. The van der Waals surface area contributed by atoms with Gasteiger partial charge in [-0.05, 0) is 57.7 Å². The second-order valence-electron chi connectivity index (χ2n) is 5.74. The van der Waals surface area contributed by atoms with Gasteiger partial charge in [-0.25, -0.2) is 0 Å². The van der Waals surface area contributed by atoms with Gasteiger partial charge in [0.1, 0.15) is 0 Å². The Labute approximate surface area is 101 Å². The largest absolute Gasteiger partial charge is 0.317 e. The number of piperidine rings is 1.